The van der Waals surface area contributed by atoms with Crippen LogP contribution in [0.3, 0.4) is 0 Å². The molecule has 0 heterocycles. The molecular weight excluding hydrogens is 156 g/mol. The lowest BCUT2D eigenvalue weighted by Gasteiger charge is -2.18. The third-order valence-corrected chi connectivity index (χ3v) is 3.38. The fourth-order valence-electron chi connectivity index (χ4n) is 2.67. The van der Waals surface area contributed by atoms with Crippen LogP contribution < -0.4 is 0 Å². The number of hydrogen-bond acceptors (Lipinski definition) is 0. The van der Waals surface area contributed by atoms with Crippen molar-refractivity contribution in [3.8, 4) is 0 Å². The number of rotatable bonds is 1. The summed E-state index contributed by atoms with van der Waals surface area (Å²) in [6.45, 7) is 7.02. The summed E-state index contributed by atoms with van der Waals surface area (Å²) >= 11 is 0. The van der Waals surface area contributed by atoms with Crippen LogP contribution in [-0.4, -0.2) is 0 Å². The van der Waals surface area contributed by atoms with E-state index >= 15 is 0 Å². The largest absolute Gasteiger partial charge is 0.0648 e. The van der Waals surface area contributed by atoms with Gasteiger partial charge in [0, 0.05) is 0 Å². The van der Waals surface area contributed by atoms with Crippen LogP contribution in [0, 0.1) is 0 Å². The van der Waals surface area contributed by atoms with Crippen LogP contribution in [0.4, 0.5) is 0 Å². The van der Waals surface area contributed by atoms with Gasteiger partial charge in [-0.1, -0.05) is 45.0 Å². The minimum atomic E-state index is 0.400. The van der Waals surface area contributed by atoms with Gasteiger partial charge in [-0.05, 0) is 35.3 Å². The Morgan fingerprint density at radius 2 is 2.00 bits per heavy atom. The highest BCUT2D eigenvalue weighted by atomic mass is 14.4. The van der Waals surface area contributed by atoms with Crippen molar-refractivity contribution in [1.29, 1.82) is 0 Å². The van der Waals surface area contributed by atoms with Crippen molar-refractivity contribution in [3.63, 3.8) is 0 Å². The highest BCUT2D eigenvalue weighted by Gasteiger charge is 2.34. The molecule has 1 aromatic carbocycles. The van der Waals surface area contributed by atoms with Crippen LogP contribution in [0.2, 0.25) is 0 Å². The van der Waals surface area contributed by atoms with Gasteiger partial charge in [0.25, 0.3) is 0 Å². The average molecular weight is 174 g/mol. The van der Waals surface area contributed by atoms with Gasteiger partial charge >= 0.3 is 0 Å². The molecule has 1 aromatic rings. The first-order valence-corrected chi connectivity index (χ1v) is 5.24. The van der Waals surface area contributed by atoms with Gasteiger partial charge < -0.3 is 0 Å². The zero-order valence-electron chi connectivity index (χ0n) is 8.80. The Morgan fingerprint density at radius 1 is 1.31 bits per heavy atom. The van der Waals surface area contributed by atoms with Gasteiger partial charge in [0.2, 0.25) is 0 Å². The first-order valence-electron chi connectivity index (χ1n) is 5.24. The molecule has 0 aromatic heterocycles. The molecule has 2 rings (SSSR count). The second-order valence-electron chi connectivity index (χ2n) is 4.78. The van der Waals surface area contributed by atoms with Crippen molar-refractivity contribution < 1.29 is 0 Å². The summed E-state index contributed by atoms with van der Waals surface area (Å²) in [4.78, 5) is 0. The van der Waals surface area contributed by atoms with E-state index in [1.165, 1.54) is 12.8 Å². The van der Waals surface area contributed by atoms with Gasteiger partial charge in [0.05, 0.1) is 0 Å². The molecule has 13 heavy (non-hydrogen) atoms. The van der Waals surface area contributed by atoms with Crippen molar-refractivity contribution in [2.75, 3.05) is 0 Å². The third kappa shape index (κ3) is 1.29. The van der Waals surface area contributed by atoms with E-state index in [1.807, 2.05) is 0 Å². The van der Waals surface area contributed by atoms with Crippen LogP contribution in [-0.2, 0) is 5.41 Å². The minimum absolute atomic E-state index is 0.400. The molecule has 0 bridgehead atoms. The maximum atomic E-state index is 2.36. The van der Waals surface area contributed by atoms with Crippen LogP contribution >= 0.6 is 0 Å². The van der Waals surface area contributed by atoms with E-state index in [0.717, 1.165) is 5.92 Å². The van der Waals surface area contributed by atoms with Gasteiger partial charge in [-0.2, -0.15) is 0 Å². The maximum Gasteiger partial charge on any atom is -0.00949 e. The molecule has 0 N–H and O–H groups in total. The van der Waals surface area contributed by atoms with E-state index in [-0.39, 0.29) is 0 Å². The lowest BCUT2D eigenvalue weighted by molar-refractivity contribution is 0.469. The van der Waals surface area contributed by atoms with Crippen LogP contribution in [0.15, 0.2) is 24.3 Å². The molecular formula is C13H18. The molecule has 70 valence electrons. The van der Waals surface area contributed by atoms with E-state index < -0.39 is 0 Å². The predicted molar refractivity (Wildman–Crippen MR) is 57.1 cm³/mol. The SMILES string of the molecule is CCC1CC(C)(C)c2ccccc21. The van der Waals surface area contributed by atoms with Gasteiger partial charge in [0.1, 0.15) is 0 Å². The topological polar surface area (TPSA) is 0 Å². The standard InChI is InChI=1S/C13H18/c1-4-10-9-13(2,3)12-8-6-5-7-11(10)12/h5-8,10H,4,9H2,1-3H3. The zero-order chi connectivity index (χ0) is 9.47. The second kappa shape index (κ2) is 2.87. The Kier molecular flexibility index (Phi) is 1.94. The highest BCUT2D eigenvalue weighted by Crippen LogP contribution is 2.46. The molecule has 0 heteroatoms. The highest BCUT2D eigenvalue weighted by molar-refractivity contribution is 5.41. The van der Waals surface area contributed by atoms with Crippen molar-refractivity contribution in [2.45, 2.75) is 44.9 Å². The van der Waals surface area contributed by atoms with Crippen molar-refractivity contribution in [1.82, 2.24) is 0 Å². The Hall–Kier alpha value is -0.780. The quantitative estimate of drug-likeness (QED) is 0.606. The molecule has 0 spiro atoms. The van der Waals surface area contributed by atoms with E-state index in [2.05, 4.69) is 45.0 Å². The minimum Gasteiger partial charge on any atom is -0.0648 e. The number of benzene rings is 1. The maximum absolute atomic E-state index is 2.36. The summed E-state index contributed by atoms with van der Waals surface area (Å²) in [5, 5.41) is 0. The third-order valence-electron chi connectivity index (χ3n) is 3.38. The van der Waals surface area contributed by atoms with Gasteiger partial charge in [-0.3, -0.25) is 0 Å². The summed E-state index contributed by atoms with van der Waals surface area (Å²) in [5.74, 6) is 0.797. The normalized spacial score (nSPS) is 24.4. The number of hydrogen-bond donors (Lipinski definition) is 0. The lowest BCUT2D eigenvalue weighted by Crippen LogP contribution is -2.11. The van der Waals surface area contributed by atoms with E-state index in [0.29, 0.717) is 5.41 Å². The van der Waals surface area contributed by atoms with Crippen LogP contribution in [0.5, 0.6) is 0 Å². The summed E-state index contributed by atoms with van der Waals surface area (Å²) in [6, 6.07) is 8.94. The van der Waals surface area contributed by atoms with Crippen molar-refractivity contribution in [3.05, 3.63) is 35.4 Å². The monoisotopic (exact) mass is 174 g/mol. The molecule has 1 aliphatic carbocycles. The molecule has 1 atom stereocenters. The van der Waals surface area contributed by atoms with Gasteiger partial charge in [0.15, 0.2) is 0 Å². The van der Waals surface area contributed by atoms with Crippen molar-refractivity contribution in [2.24, 2.45) is 0 Å². The van der Waals surface area contributed by atoms with Gasteiger partial charge in [-0.25, -0.2) is 0 Å². The molecule has 1 aliphatic rings. The van der Waals surface area contributed by atoms with E-state index in [1.54, 1.807) is 11.1 Å². The zero-order valence-corrected chi connectivity index (χ0v) is 8.80. The second-order valence-corrected chi connectivity index (χ2v) is 4.78. The fraction of sp³-hybridized carbons (Fsp3) is 0.538. The lowest BCUT2D eigenvalue weighted by atomic mass is 9.86. The molecule has 0 amide bonds. The molecule has 0 radical (unpaired) electrons. The molecule has 0 aliphatic heterocycles. The predicted octanol–water partition coefficient (Wildman–Crippen LogP) is 3.86. The Balaban J connectivity index is 2.51. The summed E-state index contributed by atoms with van der Waals surface area (Å²) in [6.07, 6.45) is 2.60. The van der Waals surface area contributed by atoms with E-state index in [9.17, 15) is 0 Å². The summed E-state index contributed by atoms with van der Waals surface area (Å²) in [5.41, 5.74) is 3.56. The first kappa shape index (κ1) is 8.80. The summed E-state index contributed by atoms with van der Waals surface area (Å²) in [7, 11) is 0. The number of fused-ring (bicyclic) bond motifs is 1. The Morgan fingerprint density at radius 3 is 2.69 bits per heavy atom. The van der Waals surface area contributed by atoms with Crippen LogP contribution in [0.1, 0.15) is 50.7 Å². The molecule has 1 unspecified atom stereocenters. The molecule has 0 saturated carbocycles. The first-order chi connectivity index (χ1) is 6.15. The Labute approximate surface area is 81.0 Å². The van der Waals surface area contributed by atoms with Crippen LogP contribution in [0.25, 0.3) is 0 Å². The Bertz CT molecular complexity index is 310. The summed E-state index contributed by atoms with van der Waals surface area (Å²) < 4.78 is 0. The van der Waals surface area contributed by atoms with Crippen molar-refractivity contribution >= 4 is 0 Å². The molecule has 0 fully saturated rings. The molecule has 0 nitrogen and oxygen atoms in total. The molecule has 0 saturated heterocycles. The average Bonchev–Trinajstić information content (AvgIpc) is 2.39. The fourth-order valence-corrected chi connectivity index (χ4v) is 2.67. The smallest absolute Gasteiger partial charge is 0.00949 e. The van der Waals surface area contributed by atoms with E-state index in [4.69, 9.17) is 0 Å². The van der Waals surface area contributed by atoms with Gasteiger partial charge in [-0.15, -0.1) is 0 Å².